The molecule has 1 aliphatic heterocycles. The second-order valence-corrected chi connectivity index (χ2v) is 8.35. The van der Waals surface area contributed by atoms with Crippen molar-refractivity contribution in [2.24, 2.45) is 0 Å². The molecule has 0 aromatic heterocycles. The minimum Gasteiger partial charge on any atom is -0.343 e. The van der Waals surface area contributed by atoms with E-state index in [-0.39, 0.29) is 55.0 Å². The Morgan fingerprint density at radius 1 is 0.966 bits per heavy atom. The number of nitrogens with one attached hydrogen (secondary N) is 1. The molecule has 2 aromatic carbocycles. The molecule has 0 atom stereocenters. The smallest absolute Gasteiger partial charge is 0.251 e. The van der Waals surface area contributed by atoms with E-state index in [2.05, 4.69) is 5.32 Å². The van der Waals surface area contributed by atoms with Gasteiger partial charge in [-0.3, -0.25) is 9.59 Å². The predicted octanol–water partition coefficient (Wildman–Crippen LogP) is 0.821. The summed E-state index contributed by atoms with van der Waals surface area (Å²) >= 11 is 0. The third kappa shape index (κ3) is 4.62. The van der Waals surface area contributed by atoms with E-state index in [1.165, 1.54) is 21.3 Å². The molecule has 29 heavy (non-hydrogen) atoms. The van der Waals surface area contributed by atoms with Gasteiger partial charge in [0.25, 0.3) is 5.91 Å². The fraction of sp³-hybridized carbons (Fsp3) is 0.250. The van der Waals surface area contributed by atoms with Crippen LogP contribution in [0, 0.1) is 11.3 Å². The second-order valence-electron chi connectivity index (χ2n) is 6.44. The summed E-state index contributed by atoms with van der Waals surface area (Å²) in [5, 5.41) is 11.7. The first-order chi connectivity index (χ1) is 13.9. The van der Waals surface area contributed by atoms with E-state index in [0.29, 0.717) is 5.56 Å². The van der Waals surface area contributed by atoms with Crippen LogP contribution in [0.2, 0.25) is 0 Å². The summed E-state index contributed by atoms with van der Waals surface area (Å²) in [4.78, 5) is 25.9. The lowest BCUT2D eigenvalue weighted by Gasteiger charge is -2.34. The van der Waals surface area contributed by atoms with E-state index in [0.717, 1.165) is 0 Å². The van der Waals surface area contributed by atoms with Crippen LogP contribution in [0.15, 0.2) is 59.5 Å². The molecule has 1 N–H and O–H groups in total. The van der Waals surface area contributed by atoms with Crippen LogP contribution in [0.4, 0.5) is 0 Å². The second kappa shape index (κ2) is 8.86. The molecule has 0 saturated carbocycles. The van der Waals surface area contributed by atoms with Gasteiger partial charge in [-0.1, -0.05) is 30.3 Å². The maximum Gasteiger partial charge on any atom is 0.251 e. The molecule has 1 aliphatic rings. The Labute approximate surface area is 169 Å². The van der Waals surface area contributed by atoms with Crippen molar-refractivity contribution in [2.45, 2.75) is 4.90 Å². The zero-order valence-corrected chi connectivity index (χ0v) is 16.4. The standard InChI is InChI=1S/C20H20N4O4S/c21-14-17-8-4-5-9-18(17)29(27,28)24-12-10-23(11-13-24)19(25)15-22-20(26)16-6-2-1-3-7-16/h1-9H,10-13,15H2,(H,22,26). The molecule has 150 valence electrons. The summed E-state index contributed by atoms with van der Waals surface area (Å²) in [6, 6.07) is 16.5. The lowest BCUT2D eigenvalue weighted by atomic mass is 10.2. The van der Waals surface area contributed by atoms with Crippen LogP contribution >= 0.6 is 0 Å². The number of hydrogen-bond acceptors (Lipinski definition) is 5. The minimum absolute atomic E-state index is 0.0302. The molecule has 3 rings (SSSR count). The van der Waals surface area contributed by atoms with Crippen molar-refractivity contribution in [2.75, 3.05) is 32.7 Å². The van der Waals surface area contributed by atoms with Crippen LogP contribution < -0.4 is 5.32 Å². The molecule has 8 nitrogen and oxygen atoms in total. The largest absolute Gasteiger partial charge is 0.343 e. The van der Waals surface area contributed by atoms with Gasteiger partial charge in [-0.15, -0.1) is 0 Å². The van der Waals surface area contributed by atoms with Crippen molar-refractivity contribution in [3.05, 3.63) is 65.7 Å². The molecule has 0 aliphatic carbocycles. The van der Waals surface area contributed by atoms with Crippen molar-refractivity contribution < 1.29 is 18.0 Å². The molecule has 2 aromatic rings. The van der Waals surface area contributed by atoms with Crippen molar-refractivity contribution in [1.82, 2.24) is 14.5 Å². The van der Waals surface area contributed by atoms with Crippen molar-refractivity contribution in [1.29, 1.82) is 5.26 Å². The first-order valence-electron chi connectivity index (χ1n) is 9.04. The summed E-state index contributed by atoms with van der Waals surface area (Å²) in [6.07, 6.45) is 0. The average molecular weight is 412 g/mol. The third-order valence-electron chi connectivity index (χ3n) is 4.65. The number of nitriles is 1. The number of hydrogen-bond donors (Lipinski definition) is 1. The summed E-state index contributed by atoms with van der Waals surface area (Å²) < 4.78 is 26.9. The van der Waals surface area contributed by atoms with Gasteiger partial charge in [0.2, 0.25) is 15.9 Å². The van der Waals surface area contributed by atoms with Gasteiger partial charge in [-0.05, 0) is 24.3 Å². The number of carbonyl (C=O) groups is 2. The normalized spacial score (nSPS) is 14.8. The third-order valence-corrected chi connectivity index (χ3v) is 6.61. The van der Waals surface area contributed by atoms with Gasteiger partial charge in [0.05, 0.1) is 17.0 Å². The summed E-state index contributed by atoms with van der Waals surface area (Å²) in [5.74, 6) is -0.614. The highest BCUT2D eigenvalue weighted by Gasteiger charge is 2.31. The number of nitrogens with zero attached hydrogens (tertiary/aromatic N) is 3. The molecular formula is C20H20N4O4S. The predicted molar refractivity (Wildman–Crippen MR) is 105 cm³/mol. The van der Waals surface area contributed by atoms with Gasteiger partial charge in [0, 0.05) is 31.7 Å². The first-order valence-corrected chi connectivity index (χ1v) is 10.5. The molecule has 0 spiro atoms. The van der Waals surface area contributed by atoms with E-state index in [1.54, 1.807) is 42.5 Å². The monoisotopic (exact) mass is 412 g/mol. The number of benzene rings is 2. The number of carbonyl (C=O) groups excluding carboxylic acids is 2. The quantitative estimate of drug-likeness (QED) is 0.782. The zero-order chi connectivity index (χ0) is 20.9. The lowest BCUT2D eigenvalue weighted by Crippen LogP contribution is -2.52. The van der Waals surface area contributed by atoms with Gasteiger partial charge in [-0.2, -0.15) is 9.57 Å². The maximum absolute atomic E-state index is 12.8. The number of rotatable bonds is 5. The van der Waals surface area contributed by atoms with E-state index >= 15 is 0 Å². The van der Waals surface area contributed by atoms with E-state index < -0.39 is 10.0 Å². The number of piperazine rings is 1. The van der Waals surface area contributed by atoms with Gasteiger partial charge >= 0.3 is 0 Å². The average Bonchev–Trinajstić information content (AvgIpc) is 2.77. The van der Waals surface area contributed by atoms with Gasteiger partial charge < -0.3 is 10.2 Å². The van der Waals surface area contributed by atoms with Crippen LogP contribution in [-0.2, 0) is 14.8 Å². The summed E-state index contributed by atoms with van der Waals surface area (Å²) in [5.41, 5.74) is 0.557. The first kappa shape index (κ1) is 20.5. The molecular weight excluding hydrogens is 392 g/mol. The Morgan fingerprint density at radius 3 is 2.24 bits per heavy atom. The molecule has 2 amide bonds. The molecule has 0 unspecified atom stereocenters. The van der Waals surface area contributed by atoms with Crippen molar-refractivity contribution >= 4 is 21.8 Å². The van der Waals surface area contributed by atoms with Crippen LogP contribution in [0.3, 0.4) is 0 Å². The highest BCUT2D eigenvalue weighted by atomic mass is 32.2. The fourth-order valence-corrected chi connectivity index (χ4v) is 4.62. The van der Waals surface area contributed by atoms with Crippen LogP contribution in [0.1, 0.15) is 15.9 Å². The van der Waals surface area contributed by atoms with E-state index in [4.69, 9.17) is 5.26 Å². The molecule has 0 radical (unpaired) electrons. The molecule has 1 saturated heterocycles. The topological polar surface area (TPSA) is 111 Å². The Balaban J connectivity index is 1.57. The van der Waals surface area contributed by atoms with Crippen LogP contribution in [-0.4, -0.2) is 62.2 Å². The van der Waals surface area contributed by atoms with Crippen LogP contribution in [0.25, 0.3) is 0 Å². The molecule has 9 heteroatoms. The Bertz CT molecular complexity index is 1040. The summed E-state index contributed by atoms with van der Waals surface area (Å²) in [7, 11) is -3.81. The summed E-state index contributed by atoms with van der Waals surface area (Å²) in [6.45, 7) is 0.528. The molecule has 1 fully saturated rings. The SMILES string of the molecule is N#Cc1ccccc1S(=O)(=O)N1CCN(C(=O)CNC(=O)c2ccccc2)CC1. The van der Waals surface area contributed by atoms with Crippen LogP contribution in [0.5, 0.6) is 0 Å². The molecule has 1 heterocycles. The number of sulfonamides is 1. The Hall–Kier alpha value is -3.22. The lowest BCUT2D eigenvalue weighted by molar-refractivity contribution is -0.131. The van der Waals surface area contributed by atoms with E-state index in [1.807, 2.05) is 6.07 Å². The minimum atomic E-state index is -3.81. The van der Waals surface area contributed by atoms with Gasteiger partial charge in [0.15, 0.2) is 0 Å². The highest BCUT2D eigenvalue weighted by Crippen LogP contribution is 2.21. The molecule has 0 bridgehead atoms. The fourth-order valence-electron chi connectivity index (χ4n) is 3.06. The van der Waals surface area contributed by atoms with Gasteiger partial charge in [-0.25, -0.2) is 8.42 Å². The number of amides is 2. The van der Waals surface area contributed by atoms with Gasteiger partial charge in [0.1, 0.15) is 6.07 Å². The Kier molecular flexibility index (Phi) is 6.26. The Morgan fingerprint density at radius 2 is 1.59 bits per heavy atom. The van der Waals surface area contributed by atoms with Crippen molar-refractivity contribution in [3.63, 3.8) is 0 Å². The van der Waals surface area contributed by atoms with E-state index in [9.17, 15) is 18.0 Å². The highest BCUT2D eigenvalue weighted by molar-refractivity contribution is 7.89. The van der Waals surface area contributed by atoms with Crippen molar-refractivity contribution in [3.8, 4) is 6.07 Å². The maximum atomic E-state index is 12.8. The zero-order valence-electron chi connectivity index (χ0n) is 15.6.